The van der Waals surface area contributed by atoms with Gasteiger partial charge in [0.1, 0.15) is 6.61 Å². The number of rotatable bonds is 7. The number of piperidine rings is 1. The first-order chi connectivity index (χ1) is 18.1. The number of nitrogens with zero attached hydrogens (tertiary/aromatic N) is 2. The Morgan fingerprint density at radius 2 is 1.71 bits per heavy atom. The molecule has 6 nitrogen and oxygen atoms in total. The van der Waals surface area contributed by atoms with E-state index in [0.29, 0.717) is 48.3 Å². The van der Waals surface area contributed by atoms with Crippen LogP contribution in [0.25, 0.3) is 0 Å². The summed E-state index contributed by atoms with van der Waals surface area (Å²) in [6.07, 6.45) is 1.28. The van der Waals surface area contributed by atoms with E-state index in [9.17, 15) is 23.1 Å². The fraction of sp³-hybridized carbons (Fsp3) is 0.517. The highest BCUT2D eigenvalue weighted by Gasteiger charge is 2.36. The third-order valence-corrected chi connectivity index (χ3v) is 7.81. The quantitative estimate of drug-likeness (QED) is 0.359. The van der Waals surface area contributed by atoms with Gasteiger partial charge in [-0.2, -0.15) is 13.2 Å². The van der Waals surface area contributed by atoms with Crippen LogP contribution in [0.5, 0.6) is 0 Å². The largest absolute Gasteiger partial charge is 0.416 e. The second kappa shape index (κ2) is 11.9. The predicted octanol–water partition coefficient (Wildman–Crippen LogP) is 5.62. The Hall–Kier alpha value is -2.91. The molecule has 38 heavy (non-hydrogen) atoms. The van der Waals surface area contributed by atoms with Crippen molar-refractivity contribution in [1.82, 2.24) is 4.90 Å². The summed E-state index contributed by atoms with van der Waals surface area (Å²) in [5.41, 5.74) is 7.52. The van der Waals surface area contributed by atoms with Gasteiger partial charge in [0.15, 0.2) is 0 Å². The maximum atomic E-state index is 13.8. The highest BCUT2D eigenvalue weighted by atomic mass is 19.4. The number of oxime groups is 1. The van der Waals surface area contributed by atoms with E-state index < -0.39 is 17.3 Å². The second-order valence-corrected chi connectivity index (χ2v) is 10.6. The molecule has 1 saturated carbocycles. The van der Waals surface area contributed by atoms with Gasteiger partial charge in [0.2, 0.25) is 0 Å². The second-order valence-electron chi connectivity index (χ2n) is 10.6. The van der Waals surface area contributed by atoms with E-state index in [2.05, 4.69) is 5.16 Å². The van der Waals surface area contributed by atoms with Gasteiger partial charge in [-0.25, -0.2) is 0 Å². The van der Waals surface area contributed by atoms with Crippen LogP contribution in [-0.4, -0.2) is 46.9 Å². The maximum Gasteiger partial charge on any atom is 0.416 e. The number of carbonyl (C=O) groups is 1. The molecule has 1 aliphatic carbocycles. The van der Waals surface area contributed by atoms with Crippen LogP contribution in [0.1, 0.15) is 90.4 Å². The average molecular weight is 532 g/mol. The Labute approximate surface area is 221 Å². The lowest BCUT2D eigenvalue weighted by molar-refractivity contribution is -0.138. The van der Waals surface area contributed by atoms with E-state index in [1.807, 2.05) is 0 Å². The molecule has 1 amide bonds. The molecule has 1 saturated heterocycles. The molecule has 0 spiro atoms. The van der Waals surface area contributed by atoms with Crippen molar-refractivity contribution in [2.75, 3.05) is 19.7 Å². The van der Waals surface area contributed by atoms with E-state index in [4.69, 9.17) is 10.6 Å². The molecule has 206 valence electrons. The third kappa shape index (κ3) is 6.74. The molecule has 9 heteroatoms. The minimum atomic E-state index is -4.42. The zero-order chi connectivity index (χ0) is 27.3. The van der Waals surface area contributed by atoms with Crippen molar-refractivity contribution in [3.8, 4) is 0 Å². The van der Waals surface area contributed by atoms with Crippen molar-refractivity contribution < 1.29 is 27.9 Å². The predicted molar refractivity (Wildman–Crippen MR) is 140 cm³/mol. The van der Waals surface area contributed by atoms with Crippen molar-refractivity contribution in [3.05, 3.63) is 70.3 Å². The number of amides is 1. The summed E-state index contributed by atoms with van der Waals surface area (Å²) in [5, 5.41) is 13.5. The average Bonchev–Trinajstić information content (AvgIpc) is 2.93. The fourth-order valence-electron chi connectivity index (χ4n) is 5.31. The molecule has 2 fully saturated rings. The Bertz CT molecular complexity index is 1130. The smallest absolute Gasteiger partial charge is 0.394 e. The minimum Gasteiger partial charge on any atom is -0.394 e. The SMILES string of the molecule is C/C(=N\OCc1ccc(C2CCCCC2)c(C(F)(F)F)c1)c1ccc(C(=O)N2CCC(N)(CO)CC2)cc1. The lowest BCUT2D eigenvalue weighted by Gasteiger charge is -2.38. The summed E-state index contributed by atoms with van der Waals surface area (Å²) in [7, 11) is 0. The Kier molecular flexibility index (Phi) is 8.78. The standard InChI is InChI=1S/C29H36F3N3O3/c1-20(22-8-10-24(11-9-22)27(37)35-15-13-28(33,19-36)14-16-35)34-38-18-21-7-12-25(23-5-3-2-4-6-23)26(17-21)29(30,31)32/h7-12,17,23,36H,2-6,13-16,18-19,33H2,1H3/b34-20+. The first-order valence-electron chi connectivity index (χ1n) is 13.3. The first kappa shape index (κ1) is 28.1. The van der Waals surface area contributed by atoms with Gasteiger partial charge in [-0.15, -0.1) is 0 Å². The minimum absolute atomic E-state index is 0.0462. The summed E-state index contributed by atoms with van der Waals surface area (Å²) < 4.78 is 41.4. The highest BCUT2D eigenvalue weighted by Crippen LogP contribution is 2.41. The van der Waals surface area contributed by atoms with E-state index in [-0.39, 0.29) is 25.0 Å². The molecule has 1 aliphatic heterocycles. The number of likely N-dealkylation sites (tertiary alicyclic amines) is 1. The van der Waals surface area contributed by atoms with Gasteiger partial charge in [0.05, 0.1) is 17.9 Å². The first-order valence-corrected chi connectivity index (χ1v) is 13.3. The zero-order valence-electron chi connectivity index (χ0n) is 21.8. The van der Waals surface area contributed by atoms with Crippen LogP contribution in [0.4, 0.5) is 13.2 Å². The van der Waals surface area contributed by atoms with Crippen LogP contribution in [0.2, 0.25) is 0 Å². The number of alkyl halides is 3. The number of hydrogen-bond acceptors (Lipinski definition) is 5. The molecular weight excluding hydrogens is 495 g/mol. The lowest BCUT2D eigenvalue weighted by Crippen LogP contribution is -2.53. The number of hydrogen-bond donors (Lipinski definition) is 2. The molecule has 0 atom stereocenters. The van der Waals surface area contributed by atoms with Gasteiger partial charge in [-0.1, -0.05) is 48.7 Å². The summed E-state index contributed by atoms with van der Waals surface area (Å²) in [6.45, 7) is 2.55. The molecule has 3 N–H and O–H groups in total. The van der Waals surface area contributed by atoms with Crippen molar-refractivity contribution in [2.24, 2.45) is 10.9 Å². The monoisotopic (exact) mass is 531 g/mol. The Morgan fingerprint density at radius 1 is 1.08 bits per heavy atom. The van der Waals surface area contributed by atoms with Crippen molar-refractivity contribution in [2.45, 2.75) is 76.1 Å². The summed E-state index contributed by atoms with van der Waals surface area (Å²) in [5.74, 6) is -0.144. The maximum absolute atomic E-state index is 13.8. The van der Waals surface area contributed by atoms with Crippen molar-refractivity contribution in [3.63, 3.8) is 0 Å². The molecule has 2 aromatic rings. The van der Waals surface area contributed by atoms with Gasteiger partial charge in [-0.3, -0.25) is 4.79 Å². The van der Waals surface area contributed by atoms with E-state index in [1.54, 1.807) is 48.2 Å². The topological polar surface area (TPSA) is 88.2 Å². The Balaban J connectivity index is 1.37. The molecular formula is C29H36F3N3O3. The van der Waals surface area contributed by atoms with Gasteiger partial charge in [0.25, 0.3) is 5.91 Å². The van der Waals surface area contributed by atoms with Crippen LogP contribution >= 0.6 is 0 Å². The van der Waals surface area contributed by atoms with Crippen molar-refractivity contribution in [1.29, 1.82) is 0 Å². The third-order valence-electron chi connectivity index (χ3n) is 7.81. The molecule has 0 bridgehead atoms. The summed E-state index contributed by atoms with van der Waals surface area (Å²) in [4.78, 5) is 20.0. The molecule has 0 radical (unpaired) electrons. The number of aliphatic hydroxyl groups excluding tert-OH is 1. The summed E-state index contributed by atoms with van der Waals surface area (Å²) in [6, 6.07) is 11.4. The lowest BCUT2D eigenvalue weighted by atomic mass is 9.81. The molecule has 0 aromatic heterocycles. The molecule has 4 rings (SSSR count). The van der Waals surface area contributed by atoms with Crippen molar-refractivity contribution >= 4 is 11.6 Å². The number of aliphatic hydroxyl groups is 1. The zero-order valence-corrected chi connectivity index (χ0v) is 21.8. The fourth-order valence-corrected chi connectivity index (χ4v) is 5.31. The Morgan fingerprint density at radius 3 is 2.32 bits per heavy atom. The van der Waals surface area contributed by atoms with Crippen LogP contribution in [0, 0.1) is 0 Å². The van der Waals surface area contributed by atoms with Gasteiger partial charge in [0, 0.05) is 24.2 Å². The molecule has 2 aliphatic rings. The highest BCUT2D eigenvalue weighted by molar-refractivity contribution is 6.00. The van der Waals surface area contributed by atoms with Crippen LogP contribution in [0.3, 0.4) is 0 Å². The van der Waals surface area contributed by atoms with E-state index in [0.717, 1.165) is 37.7 Å². The number of benzene rings is 2. The van der Waals surface area contributed by atoms with E-state index >= 15 is 0 Å². The van der Waals surface area contributed by atoms with Gasteiger partial charge >= 0.3 is 6.18 Å². The molecule has 0 unspecified atom stereocenters. The van der Waals surface area contributed by atoms with Gasteiger partial charge < -0.3 is 20.6 Å². The van der Waals surface area contributed by atoms with Crippen LogP contribution in [-0.2, 0) is 17.6 Å². The molecule has 2 aromatic carbocycles. The van der Waals surface area contributed by atoms with Crippen LogP contribution < -0.4 is 5.73 Å². The van der Waals surface area contributed by atoms with Gasteiger partial charge in [-0.05, 0) is 73.4 Å². The number of carbonyl (C=O) groups excluding carboxylic acids is 1. The summed E-state index contributed by atoms with van der Waals surface area (Å²) >= 11 is 0. The van der Waals surface area contributed by atoms with Crippen LogP contribution in [0.15, 0.2) is 47.6 Å². The normalized spacial score (nSPS) is 18.9. The van der Waals surface area contributed by atoms with E-state index in [1.165, 1.54) is 6.07 Å². The number of nitrogens with two attached hydrogens (primary N) is 1. The number of halogens is 3. The molecule has 1 heterocycles.